The zero-order valence-corrected chi connectivity index (χ0v) is 8.81. The minimum atomic E-state index is -4.34. The molecule has 1 N–H and O–H groups in total. The quantitative estimate of drug-likeness (QED) is 0.892. The van der Waals surface area contributed by atoms with E-state index in [4.69, 9.17) is 16.9 Å². The SMILES string of the molecule is N#CC(NCC(F)(F)F)c1cccc(Cl)c1. The molecule has 16 heavy (non-hydrogen) atoms. The zero-order chi connectivity index (χ0) is 12.2. The smallest absolute Gasteiger partial charge is 0.290 e. The van der Waals surface area contributed by atoms with Gasteiger partial charge in [0.15, 0.2) is 0 Å². The summed E-state index contributed by atoms with van der Waals surface area (Å²) < 4.78 is 35.8. The maximum atomic E-state index is 11.9. The van der Waals surface area contributed by atoms with Crippen LogP contribution in [0.1, 0.15) is 11.6 Å². The van der Waals surface area contributed by atoms with Crippen molar-refractivity contribution in [1.29, 1.82) is 5.26 Å². The van der Waals surface area contributed by atoms with Gasteiger partial charge in [-0.05, 0) is 17.7 Å². The summed E-state index contributed by atoms with van der Waals surface area (Å²) in [5.41, 5.74) is 0.416. The number of halogens is 4. The third kappa shape index (κ3) is 4.09. The maximum absolute atomic E-state index is 11.9. The first-order valence-electron chi connectivity index (χ1n) is 4.37. The number of benzene rings is 1. The summed E-state index contributed by atoms with van der Waals surface area (Å²) in [6, 6.07) is 6.90. The van der Waals surface area contributed by atoms with Crippen molar-refractivity contribution < 1.29 is 13.2 Å². The van der Waals surface area contributed by atoms with E-state index in [0.717, 1.165) is 0 Å². The summed E-state index contributed by atoms with van der Waals surface area (Å²) >= 11 is 5.68. The monoisotopic (exact) mass is 248 g/mol. The van der Waals surface area contributed by atoms with Crippen LogP contribution in [-0.2, 0) is 0 Å². The highest BCUT2D eigenvalue weighted by atomic mass is 35.5. The second-order valence-corrected chi connectivity index (χ2v) is 3.55. The Balaban J connectivity index is 2.73. The molecule has 0 aliphatic carbocycles. The first-order valence-corrected chi connectivity index (χ1v) is 4.75. The van der Waals surface area contributed by atoms with Gasteiger partial charge in [-0.3, -0.25) is 5.32 Å². The molecule has 6 heteroatoms. The fraction of sp³-hybridized carbons (Fsp3) is 0.300. The van der Waals surface area contributed by atoms with Crippen molar-refractivity contribution in [2.75, 3.05) is 6.54 Å². The molecule has 0 fully saturated rings. The Morgan fingerprint density at radius 2 is 2.12 bits per heavy atom. The molecule has 0 aromatic heterocycles. The lowest BCUT2D eigenvalue weighted by molar-refractivity contribution is -0.125. The third-order valence-electron chi connectivity index (χ3n) is 1.82. The Bertz CT molecular complexity index is 398. The molecule has 0 aliphatic rings. The molecule has 0 aliphatic heterocycles. The van der Waals surface area contributed by atoms with Crippen LogP contribution in [-0.4, -0.2) is 12.7 Å². The molecule has 0 radical (unpaired) electrons. The summed E-state index contributed by atoms with van der Waals surface area (Å²) in [6.45, 7) is -1.21. The third-order valence-corrected chi connectivity index (χ3v) is 2.05. The largest absolute Gasteiger partial charge is 0.401 e. The van der Waals surface area contributed by atoms with Crippen LogP contribution < -0.4 is 5.32 Å². The van der Waals surface area contributed by atoms with Gasteiger partial charge in [-0.1, -0.05) is 23.7 Å². The molecule has 1 atom stereocenters. The van der Waals surface area contributed by atoms with E-state index in [-0.39, 0.29) is 0 Å². The number of nitrogens with one attached hydrogen (secondary N) is 1. The Hall–Kier alpha value is -1.25. The zero-order valence-electron chi connectivity index (χ0n) is 8.05. The highest BCUT2D eigenvalue weighted by Gasteiger charge is 2.28. The summed E-state index contributed by atoms with van der Waals surface area (Å²) in [4.78, 5) is 0. The van der Waals surface area contributed by atoms with Gasteiger partial charge >= 0.3 is 6.18 Å². The molecule has 86 valence electrons. The average Bonchev–Trinajstić information content (AvgIpc) is 2.17. The fourth-order valence-corrected chi connectivity index (χ4v) is 1.34. The van der Waals surface area contributed by atoms with E-state index < -0.39 is 18.8 Å². The van der Waals surface area contributed by atoms with E-state index >= 15 is 0 Å². The molecule has 0 saturated heterocycles. The van der Waals surface area contributed by atoms with Gasteiger partial charge in [0.1, 0.15) is 6.04 Å². The Morgan fingerprint density at radius 1 is 1.44 bits per heavy atom. The highest BCUT2D eigenvalue weighted by molar-refractivity contribution is 6.30. The van der Waals surface area contributed by atoms with Crippen LogP contribution in [0.5, 0.6) is 0 Å². The molecule has 0 saturated carbocycles. The summed E-state index contributed by atoms with van der Waals surface area (Å²) in [5, 5.41) is 11.2. The van der Waals surface area contributed by atoms with Crippen LogP contribution in [0, 0.1) is 11.3 Å². The molecule has 0 spiro atoms. The lowest BCUT2D eigenvalue weighted by Crippen LogP contribution is -2.31. The summed E-state index contributed by atoms with van der Waals surface area (Å²) in [7, 11) is 0. The summed E-state index contributed by atoms with van der Waals surface area (Å²) in [6.07, 6.45) is -4.34. The Morgan fingerprint density at radius 3 is 2.62 bits per heavy atom. The standard InChI is InChI=1S/C10H8ClF3N2/c11-8-3-1-2-7(4-8)9(5-15)16-6-10(12,13)14/h1-4,9,16H,6H2. The van der Waals surface area contributed by atoms with Crippen LogP contribution in [0.2, 0.25) is 5.02 Å². The van der Waals surface area contributed by atoms with Crippen LogP contribution in [0.15, 0.2) is 24.3 Å². The van der Waals surface area contributed by atoms with E-state index in [0.29, 0.717) is 10.6 Å². The van der Waals surface area contributed by atoms with Crippen LogP contribution in [0.4, 0.5) is 13.2 Å². The van der Waals surface area contributed by atoms with E-state index in [9.17, 15) is 13.2 Å². The fourth-order valence-electron chi connectivity index (χ4n) is 1.14. The Kier molecular flexibility index (Phi) is 4.16. The molecule has 1 unspecified atom stereocenters. The van der Waals surface area contributed by atoms with Crippen molar-refractivity contribution in [3.8, 4) is 6.07 Å². The van der Waals surface area contributed by atoms with Gasteiger partial charge in [-0.25, -0.2) is 0 Å². The van der Waals surface area contributed by atoms with Crippen molar-refractivity contribution in [2.24, 2.45) is 0 Å². The number of alkyl halides is 3. The molecular formula is C10H8ClF3N2. The van der Waals surface area contributed by atoms with E-state index in [2.05, 4.69) is 5.32 Å². The number of nitrogens with zero attached hydrogens (tertiary/aromatic N) is 1. The predicted molar refractivity (Wildman–Crippen MR) is 53.9 cm³/mol. The average molecular weight is 249 g/mol. The second kappa shape index (κ2) is 5.19. The first-order chi connectivity index (χ1) is 7.42. The molecule has 1 aromatic carbocycles. The molecule has 1 aromatic rings. The van der Waals surface area contributed by atoms with E-state index in [1.54, 1.807) is 24.3 Å². The Labute approximate surface area is 95.6 Å². The van der Waals surface area contributed by atoms with Gasteiger partial charge in [-0.15, -0.1) is 0 Å². The van der Waals surface area contributed by atoms with Gasteiger partial charge < -0.3 is 0 Å². The number of hydrogen-bond acceptors (Lipinski definition) is 2. The minimum Gasteiger partial charge on any atom is -0.290 e. The number of nitriles is 1. The van der Waals surface area contributed by atoms with Crippen LogP contribution >= 0.6 is 11.6 Å². The minimum absolute atomic E-state index is 0.381. The maximum Gasteiger partial charge on any atom is 0.401 e. The van der Waals surface area contributed by atoms with Crippen molar-refractivity contribution in [1.82, 2.24) is 5.32 Å². The van der Waals surface area contributed by atoms with Crippen molar-refractivity contribution >= 4 is 11.6 Å². The van der Waals surface area contributed by atoms with Crippen molar-refractivity contribution in [2.45, 2.75) is 12.2 Å². The first kappa shape index (κ1) is 12.8. The second-order valence-electron chi connectivity index (χ2n) is 3.11. The van der Waals surface area contributed by atoms with Gasteiger partial charge in [0.05, 0.1) is 12.6 Å². The van der Waals surface area contributed by atoms with Gasteiger partial charge in [0.2, 0.25) is 0 Å². The van der Waals surface area contributed by atoms with Crippen LogP contribution in [0.3, 0.4) is 0 Å². The van der Waals surface area contributed by atoms with Crippen molar-refractivity contribution in [3.05, 3.63) is 34.9 Å². The van der Waals surface area contributed by atoms with Crippen LogP contribution in [0.25, 0.3) is 0 Å². The number of hydrogen-bond donors (Lipinski definition) is 1. The molecular weight excluding hydrogens is 241 g/mol. The topological polar surface area (TPSA) is 35.8 Å². The predicted octanol–water partition coefficient (Wildman–Crippen LogP) is 3.06. The molecule has 0 heterocycles. The molecule has 0 amide bonds. The highest BCUT2D eigenvalue weighted by Crippen LogP contribution is 2.19. The molecule has 1 rings (SSSR count). The lowest BCUT2D eigenvalue weighted by Gasteiger charge is -2.13. The van der Waals surface area contributed by atoms with Gasteiger partial charge in [0.25, 0.3) is 0 Å². The van der Waals surface area contributed by atoms with E-state index in [1.807, 2.05) is 0 Å². The molecule has 2 nitrogen and oxygen atoms in total. The van der Waals surface area contributed by atoms with Crippen molar-refractivity contribution in [3.63, 3.8) is 0 Å². The lowest BCUT2D eigenvalue weighted by atomic mass is 10.1. The number of rotatable bonds is 3. The van der Waals surface area contributed by atoms with Gasteiger partial charge in [0, 0.05) is 5.02 Å². The van der Waals surface area contributed by atoms with E-state index in [1.165, 1.54) is 6.07 Å². The normalized spacial score (nSPS) is 13.2. The summed E-state index contributed by atoms with van der Waals surface area (Å²) in [5.74, 6) is 0. The van der Waals surface area contributed by atoms with Gasteiger partial charge in [-0.2, -0.15) is 18.4 Å². The molecule has 0 bridgehead atoms.